The van der Waals surface area contributed by atoms with E-state index in [4.69, 9.17) is 9.15 Å². The van der Waals surface area contributed by atoms with E-state index in [9.17, 15) is 4.79 Å². The number of fused-ring (bicyclic) bond motifs is 2. The Morgan fingerprint density at radius 3 is 2.96 bits per heavy atom. The predicted octanol–water partition coefficient (Wildman–Crippen LogP) is 3.17. The first-order valence-electron chi connectivity index (χ1n) is 8.65. The fourth-order valence-electron chi connectivity index (χ4n) is 3.50. The minimum absolute atomic E-state index is 0.0846. The molecule has 0 N–H and O–H groups in total. The minimum atomic E-state index is -0.0846. The number of benzene rings is 1. The molecule has 1 amide bonds. The van der Waals surface area contributed by atoms with Crippen molar-refractivity contribution in [3.63, 3.8) is 0 Å². The van der Waals surface area contributed by atoms with Crippen LogP contribution in [-0.4, -0.2) is 34.2 Å². The second kappa shape index (κ2) is 5.37. The molecule has 0 bridgehead atoms. The van der Waals surface area contributed by atoms with Gasteiger partial charge in [0.2, 0.25) is 0 Å². The van der Waals surface area contributed by atoms with Crippen molar-refractivity contribution in [1.82, 2.24) is 14.7 Å². The molecule has 0 unspecified atom stereocenters. The van der Waals surface area contributed by atoms with Crippen molar-refractivity contribution in [3.8, 4) is 5.75 Å². The Labute approximate surface area is 145 Å². The quantitative estimate of drug-likeness (QED) is 0.736. The molecule has 1 aromatic carbocycles. The van der Waals surface area contributed by atoms with Crippen LogP contribution in [0.4, 0.5) is 0 Å². The highest BCUT2D eigenvalue weighted by molar-refractivity contribution is 5.97. The molecule has 0 atom stereocenters. The number of hydrogen-bond donors (Lipinski definition) is 0. The number of methoxy groups -OCH3 is 1. The van der Waals surface area contributed by atoms with E-state index in [1.54, 1.807) is 13.2 Å². The summed E-state index contributed by atoms with van der Waals surface area (Å²) in [7, 11) is 1.60. The Bertz CT molecular complexity index is 968. The standard InChI is InChI=1S/C19H19N3O3/c1-24-16-4-2-3-13-9-17(25-18(13)16)19(23)21-7-8-22-14(11-21)10-15(20-22)12-5-6-12/h2-4,9-10,12H,5-8,11H2,1H3. The van der Waals surface area contributed by atoms with Gasteiger partial charge in [0.1, 0.15) is 0 Å². The van der Waals surface area contributed by atoms with Gasteiger partial charge in [-0.05, 0) is 31.0 Å². The van der Waals surface area contributed by atoms with Crippen LogP contribution in [0.5, 0.6) is 5.75 Å². The smallest absolute Gasteiger partial charge is 0.290 e. The lowest BCUT2D eigenvalue weighted by Crippen LogP contribution is -2.38. The molecule has 25 heavy (non-hydrogen) atoms. The SMILES string of the molecule is COc1cccc2cc(C(=O)N3CCn4nc(C5CC5)cc4C3)oc12. The molecule has 1 fully saturated rings. The number of ether oxygens (including phenoxy) is 1. The summed E-state index contributed by atoms with van der Waals surface area (Å²) in [6, 6.07) is 9.59. The summed E-state index contributed by atoms with van der Waals surface area (Å²) < 4.78 is 13.2. The fraction of sp³-hybridized carbons (Fsp3) is 0.368. The number of nitrogens with zero attached hydrogens (tertiary/aromatic N) is 3. The summed E-state index contributed by atoms with van der Waals surface area (Å²) >= 11 is 0. The summed E-state index contributed by atoms with van der Waals surface area (Å²) in [4.78, 5) is 14.7. The van der Waals surface area contributed by atoms with Gasteiger partial charge in [-0.25, -0.2) is 0 Å². The molecule has 1 aliphatic heterocycles. The topological polar surface area (TPSA) is 60.5 Å². The molecule has 1 saturated carbocycles. The van der Waals surface area contributed by atoms with E-state index in [0.717, 1.165) is 17.6 Å². The number of carbonyl (C=O) groups excluding carboxylic acids is 1. The van der Waals surface area contributed by atoms with Gasteiger partial charge >= 0.3 is 0 Å². The molecule has 2 aromatic heterocycles. The molecule has 5 rings (SSSR count). The average Bonchev–Trinajstić information content (AvgIpc) is 3.25. The summed E-state index contributed by atoms with van der Waals surface area (Å²) in [5.41, 5.74) is 2.90. The van der Waals surface area contributed by atoms with Crippen molar-refractivity contribution in [2.24, 2.45) is 0 Å². The van der Waals surface area contributed by atoms with Gasteiger partial charge in [0, 0.05) is 17.8 Å². The number of carbonyl (C=O) groups is 1. The number of furan rings is 1. The molecule has 3 aromatic rings. The van der Waals surface area contributed by atoms with E-state index >= 15 is 0 Å². The molecule has 1 aliphatic carbocycles. The highest BCUT2D eigenvalue weighted by Gasteiger charge is 2.30. The maximum Gasteiger partial charge on any atom is 0.290 e. The van der Waals surface area contributed by atoms with Gasteiger partial charge < -0.3 is 14.1 Å². The zero-order valence-corrected chi connectivity index (χ0v) is 14.1. The molecule has 128 valence electrons. The lowest BCUT2D eigenvalue weighted by atomic mass is 10.2. The average molecular weight is 337 g/mol. The van der Waals surface area contributed by atoms with Crippen molar-refractivity contribution < 1.29 is 13.9 Å². The van der Waals surface area contributed by atoms with Crippen molar-refractivity contribution in [1.29, 1.82) is 0 Å². The van der Waals surface area contributed by atoms with Crippen LogP contribution in [0.3, 0.4) is 0 Å². The van der Waals surface area contributed by atoms with Crippen LogP contribution in [0.15, 0.2) is 34.7 Å². The van der Waals surface area contributed by atoms with Crippen LogP contribution in [0.2, 0.25) is 0 Å². The van der Waals surface area contributed by atoms with Crippen molar-refractivity contribution in [3.05, 3.63) is 47.5 Å². The Morgan fingerprint density at radius 1 is 1.28 bits per heavy atom. The Balaban J connectivity index is 1.42. The van der Waals surface area contributed by atoms with E-state index in [0.29, 0.717) is 36.1 Å². The first-order valence-corrected chi connectivity index (χ1v) is 8.65. The summed E-state index contributed by atoms with van der Waals surface area (Å²) in [6.45, 7) is 1.95. The van der Waals surface area contributed by atoms with Gasteiger partial charge in [0.05, 0.1) is 31.6 Å². The minimum Gasteiger partial charge on any atom is -0.493 e. The third-order valence-corrected chi connectivity index (χ3v) is 5.04. The molecule has 0 spiro atoms. The number of rotatable bonds is 3. The maximum absolute atomic E-state index is 12.9. The second-order valence-corrected chi connectivity index (χ2v) is 6.77. The summed E-state index contributed by atoms with van der Waals surface area (Å²) in [5, 5.41) is 5.55. The molecular formula is C19H19N3O3. The summed E-state index contributed by atoms with van der Waals surface area (Å²) in [6.07, 6.45) is 2.47. The third kappa shape index (κ3) is 2.40. The molecule has 6 nitrogen and oxygen atoms in total. The Morgan fingerprint density at radius 2 is 2.16 bits per heavy atom. The molecule has 2 aliphatic rings. The van der Waals surface area contributed by atoms with Crippen molar-refractivity contribution in [2.75, 3.05) is 13.7 Å². The van der Waals surface area contributed by atoms with Crippen LogP contribution in [0, 0.1) is 0 Å². The van der Waals surface area contributed by atoms with Gasteiger partial charge in [-0.1, -0.05) is 12.1 Å². The Kier molecular flexibility index (Phi) is 3.13. The van der Waals surface area contributed by atoms with Crippen molar-refractivity contribution in [2.45, 2.75) is 31.8 Å². The number of aromatic nitrogens is 2. The van der Waals surface area contributed by atoms with Crippen LogP contribution in [0.25, 0.3) is 11.0 Å². The predicted molar refractivity (Wildman–Crippen MR) is 91.7 cm³/mol. The molecule has 0 saturated heterocycles. The van der Waals surface area contributed by atoms with Gasteiger partial charge in [0.15, 0.2) is 17.1 Å². The number of para-hydroxylation sites is 1. The molecule has 0 radical (unpaired) electrons. The second-order valence-electron chi connectivity index (χ2n) is 6.77. The lowest BCUT2D eigenvalue weighted by Gasteiger charge is -2.26. The van der Waals surface area contributed by atoms with Gasteiger partial charge in [-0.3, -0.25) is 9.48 Å². The molecule has 3 heterocycles. The van der Waals surface area contributed by atoms with Gasteiger partial charge in [-0.15, -0.1) is 0 Å². The van der Waals surface area contributed by atoms with Gasteiger partial charge in [-0.2, -0.15) is 5.10 Å². The molecular weight excluding hydrogens is 318 g/mol. The van der Waals surface area contributed by atoms with E-state index in [1.807, 2.05) is 27.8 Å². The van der Waals surface area contributed by atoms with Crippen LogP contribution < -0.4 is 4.74 Å². The fourth-order valence-corrected chi connectivity index (χ4v) is 3.50. The highest BCUT2D eigenvalue weighted by atomic mass is 16.5. The zero-order chi connectivity index (χ0) is 17.0. The number of amides is 1. The molecule has 6 heteroatoms. The monoisotopic (exact) mass is 337 g/mol. The highest BCUT2D eigenvalue weighted by Crippen LogP contribution is 2.39. The van der Waals surface area contributed by atoms with Crippen LogP contribution in [0.1, 0.15) is 40.7 Å². The normalized spacial score (nSPS) is 16.9. The largest absolute Gasteiger partial charge is 0.493 e. The van der Waals surface area contributed by atoms with E-state index in [2.05, 4.69) is 11.2 Å². The van der Waals surface area contributed by atoms with Crippen LogP contribution in [-0.2, 0) is 13.1 Å². The summed E-state index contributed by atoms with van der Waals surface area (Å²) in [5.74, 6) is 1.54. The maximum atomic E-state index is 12.9. The lowest BCUT2D eigenvalue weighted by molar-refractivity contribution is 0.0676. The van der Waals surface area contributed by atoms with Gasteiger partial charge in [0.25, 0.3) is 5.91 Å². The van der Waals surface area contributed by atoms with Crippen molar-refractivity contribution >= 4 is 16.9 Å². The van der Waals surface area contributed by atoms with Crippen LogP contribution >= 0.6 is 0 Å². The first kappa shape index (κ1) is 14.6. The van der Waals surface area contributed by atoms with E-state index in [1.165, 1.54) is 18.5 Å². The Hall–Kier alpha value is -2.76. The zero-order valence-electron chi connectivity index (χ0n) is 14.1. The van der Waals surface area contributed by atoms with E-state index < -0.39 is 0 Å². The van der Waals surface area contributed by atoms with E-state index in [-0.39, 0.29) is 5.91 Å². The first-order chi connectivity index (χ1) is 12.2. The third-order valence-electron chi connectivity index (χ3n) is 5.04. The number of hydrogen-bond acceptors (Lipinski definition) is 4.